The van der Waals surface area contributed by atoms with E-state index in [1.807, 2.05) is 13.8 Å². The van der Waals surface area contributed by atoms with Gasteiger partial charge in [0.2, 0.25) is 0 Å². The van der Waals surface area contributed by atoms with E-state index in [-0.39, 0.29) is 11.8 Å². The number of benzene rings is 1. The average Bonchev–Trinajstić information content (AvgIpc) is 2.34. The fourth-order valence-electron chi connectivity index (χ4n) is 2.65. The molecule has 0 heterocycles. The molecule has 1 N–H and O–H groups in total. The van der Waals surface area contributed by atoms with Crippen molar-refractivity contribution in [3.05, 3.63) is 28.8 Å². The lowest BCUT2D eigenvalue weighted by atomic mass is 9.75. The van der Waals surface area contributed by atoms with Gasteiger partial charge < -0.3 is 9.84 Å². The van der Waals surface area contributed by atoms with Gasteiger partial charge in [-0.25, -0.2) is 0 Å². The van der Waals surface area contributed by atoms with E-state index in [0.29, 0.717) is 0 Å². The maximum absolute atomic E-state index is 11.2. The summed E-state index contributed by atoms with van der Waals surface area (Å²) in [5.74, 6) is 0.0345. The quantitative estimate of drug-likeness (QED) is 0.879. The summed E-state index contributed by atoms with van der Waals surface area (Å²) in [6.07, 6.45) is 1.00. The first-order valence-electron chi connectivity index (χ1n) is 7.46. The van der Waals surface area contributed by atoms with E-state index < -0.39 is 11.4 Å². The molecule has 0 saturated heterocycles. The standard InChI is InChI=1S/C18H28O3/c1-8-12-9-13(17(2,3)4)16(21-7)14(10-12)18(5,6)11-15(19)20/h9-10H,8,11H2,1-7H3,(H,19,20). The first kappa shape index (κ1) is 17.5. The van der Waals surface area contributed by atoms with Crippen LogP contribution in [0.5, 0.6) is 5.75 Å². The van der Waals surface area contributed by atoms with E-state index >= 15 is 0 Å². The third-order valence-electron chi connectivity index (χ3n) is 3.89. The molecule has 0 unspecified atom stereocenters. The van der Waals surface area contributed by atoms with Crippen LogP contribution in [0.2, 0.25) is 0 Å². The highest BCUT2D eigenvalue weighted by atomic mass is 16.5. The van der Waals surface area contributed by atoms with Gasteiger partial charge in [-0.05, 0) is 17.4 Å². The van der Waals surface area contributed by atoms with Gasteiger partial charge in [0.05, 0.1) is 13.5 Å². The lowest BCUT2D eigenvalue weighted by Crippen LogP contribution is -2.25. The van der Waals surface area contributed by atoms with E-state index in [9.17, 15) is 9.90 Å². The minimum Gasteiger partial charge on any atom is -0.496 e. The summed E-state index contributed by atoms with van der Waals surface area (Å²) >= 11 is 0. The zero-order valence-electron chi connectivity index (χ0n) is 14.3. The van der Waals surface area contributed by atoms with Crippen LogP contribution in [0.25, 0.3) is 0 Å². The molecule has 0 aromatic heterocycles. The Morgan fingerprint density at radius 3 is 2.05 bits per heavy atom. The second-order valence-corrected chi connectivity index (χ2v) is 7.28. The molecule has 0 amide bonds. The minimum absolute atomic E-state index is 0.0510. The van der Waals surface area contributed by atoms with Crippen LogP contribution < -0.4 is 4.74 Å². The highest BCUT2D eigenvalue weighted by Crippen LogP contribution is 2.42. The Kier molecular flexibility index (Phi) is 5.08. The zero-order valence-corrected chi connectivity index (χ0v) is 14.3. The van der Waals surface area contributed by atoms with Gasteiger partial charge in [0.25, 0.3) is 0 Å². The third-order valence-corrected chi connectivity index (χ3v) is 3.89. The summed E-state index contributed by atoms with van der Waals surface area (Å²) < 4.78 is 5.68. The SMILES string of the molecule is CCc1cc(C(C)(C)C)c(OC)c(C(C)(C)CC(=O)O)c1. The Morgan fingerprint density at radius 1 is 1.14 bits per heavy atom. The summed E-state index contributed by atoms with van der Waals surface area (Å²) in [6.45, 7) is 12.5. The van der Waals surface area contributed by atoms with Gasteiger partial charge in [-0.1, -0.05) is 53.7 Å². The van der Waals surface area contributed by atoms with Crippen LogP contribution >= 0.6 is 0 Å². The third kappa shape index (κ3) is 3.99. The maximum atomic E-state index is 11.2. The Bertz CT molecular complexity index is 522. The van der Waals surface area contributed by atoms with Crippen molar-refractivity contribution in [2.45, 2.75) is 65.2 Å². The number of carboxylic acid groups (broad SMARTS) is 1. The Balaban J connectivity index is 3.60. The molecule has 0 aliphatic rings. The highest BCUT2D eigenvalue weighted by molar-refractivity contribution is 5.69. The van der Waals surface area contributed by atoms with E-state index in [1.165, 1.54) is 5.56 Å². The van der Waals surface area contributed by atoms with E-state index in [0.717, 1.165) is 23.3 Å². The average molecular weight is 292 g/mol. The fraction of sp³-hybridized carbons (Fsp3) is 0.611. The summed E-state index contributed by atoms with van der Waals surface area (Å²) in [6, 6.07) is 4.27. The first-order valence-corrected chi connectivity index (χ1v) is 7.46. The number of carbonyl (C=O) groups is 1. The van der Waals surface area contributed by atoms with E-state index in [4.69, 9.17) is 4.74 Å². The van der Waals surface area contributed by atoms with Crippen molar-refractivity contribution < 1.29 is 14.6 Å². The number of hydrogen-bond acceptors (Lipinski definition) is 2. The predicted molar refractivity (Wildman–Crippen MR) is 86.4 cm³/mol. The van der Waals surface area contributed by atoms with Gasteiger partial charge in [0, 0.05) is 16.5 Å². The number of methoxy groups -OCH3 is 1. The molecular weight excluding hydrogens is 264 g/mol. The van der Waals surface area contributed by atoms with Gasteiger partial charge >= 0.3 is 5.97 Å². The predicted octanol–water partition coefficient (Wildman–Crippen LogP) is 4.31. The summed E-state index contributed by atoms with van der Waals surface area (Å²) in [5.41, 5.74) is 2.82. The smallest absolute Gasteiger partial charge is 0.304 e. The zero-order chi connectivity index (χ0) is 16.4. The molecule has 1 aromatic carbocycles. The molecule has 21 heavy (non-hydrogen) atoms. The van der Waals surface area contributed by atoms with Crippen LogP contribution in [-0.4, -0.2) is 18.2 Å². The number of hydrogen-bond donors (Lipinski definition) is 1. The normalized spacial score (nSPS) is 12.3. The molecule has 0 bridgehead atoms. The lowest BCUT2D eigenvalue weighted by molar-refractivity contribution is -0.138. The number of aryl methyl sites for hydroxylation is 1. The number of aliphatic carboxylic acids is 1. The summed E-state index contributed by atoms with van der Waals surface area (Å²) in [5, 5.41) is 9.19. The van der Waals surface area contributed by atoms with Gasteiger partial charge in [-0.2, -0.15) is 0 Å². The fourth-order valence-corrected chi connectivity index (χ4v) is 2.65. The molecule has 0 spiro atoms. The molecule has 1 rings (SSSR count). The van der Waals surface area contributed by atoms with Gasteiger partial charge in [-0.15, -0.1) is 0 Å². The van der Waals surface area contributed by atoms with Crippen molar-refractivity contribution >= 4 is 5.97 Å². The van der Waals surface area contributed by atoms with Gasteiger partial charge in [0.1, 0.15) is 5.75 Å². The second-order valence-electron chi connectivity index (χ2n) is 7.28. The van der Waals surface area contributed by atoms with Crippen molar-refractivity contribution in [1.82, 2.24) is 0 Å². The van der Waals surface area contributed by atoms with Crippen molar-refractivity contribution in [2.24, 2.45) is 0 Å². The molecule has 0 atom stereocenters. The number of ether oxygens (including phenoxy) is 1. The van der Waals surface area contributed by atoms with Crippen molar-refractivity contribution in [2.75, 3.05) is 7.11 Å². The van der Waals surface area contributed by atoms with Crippen molar-refractivity contribution in [3.8, 4) is 5.75 Å². The highest BCUT2D eigenvalue weighted by Gasteiger charge is 2.31. The largest absolute Gasteiger partial charge is 0.496 e. The van der Waals surface area contributed by atoms with Crippen LogP contribution in [0, 0.1) is 0 Å². The molecule has 0 saturated carbocycles. The molecule has 1 aromatic rings. The Labute approximate surface area is 128 Å². The molecule has 3 nitrogen and oxygen atoms in total. The molecule has 0 aliphatic carbocycles. The van der Waals surface area contributed by atoms with Crippen LogP contribution in [0.15, 0.2) is 12.1 Å². The first-order chi connectivity index (χ1) is 9.52. The molecular formula is C18H28O3. The van der Waals surface area contributed by atoms with Crippen LogP contribution in [0.1, 0.15) is 64.7 Å². The summed E-state index contributed by atoms with van der Waals surface area (Å²) in [4.78, 5) is 11.2. The van der Waals surface area contributed by atoms with E-state index in [2.05, 4.69) is 39.8 Å². The molecule has 0 aliphatic heterocycles. The van der Waals surface area contributed by atoms with Crippen molar-refractivity contribution in [3.63, 3.8) is 0 Å². The lowest BCUT2D eigenvalue weighted by Gasteiger charge is -2.31. The molecule has 0 fully saturated rings. The molecule has 0 radical (unpaired) electrons. The van der Waals surface area contributed by atoms with Crippen LogP contribution in [-0.2, 0) is 22.0 Å². The molecule has 118 valence electrons. The van der Waals surface area contributed by atoms with E-state index in [1.54, 1.807) is 7.11 Å². The summed E-state index contributed by atoms with van der Waals surface area (Å²) in [7, 11) is 1.66. The van der Waals surface area contributed by atoms with Gasteiger partial charge in [-0.3, -0.25) is 4.79 Å². The Hall–Kier alpha value is -1.51. The number of rotatable bonds is 5. The van der Waals surface area contributed by atoms with Crippen LogP contribution in [0.4, 0.5) is 0 Å². The topological polar surface area (TPSA) is 46.5 Å². The maximum Gasteiger partial charge on any atom is 0.304 e. The Morgan fingerprint density at radius 2 is 1.67 bits per heavy atom. The monoisotopic (exact) mass is 292 g/mol. The second kappa shape index (κ2) is 6.08. The van der Waals surface area contributed by atoms with Crippen molar-refractivity contribution in [1.29, 1.82) is 0 Å². The van der Waals surface area contributed by atoms with Gasteiger partial charge in [0.15, 0.2) is 0 Å². The van der Waals surface area contributed by atoms with Crippen LogP contribution in [0.3, 0.4) is 0 Å². The number of carboxylic acids is 1. The molecule has 3 heteroatoms. The minimum atomic E-state index is -0.790.